The predicted octanol–water partition coefficient (Wildman–Crippen LogP) is 2.79. The van der Waals surface area contributed by atoms with E-state index >= 15 is 0 Å². The molecule has 1 fully saturated rings. The first-order valence-electron chi connectivity index (χ1n) is 8.65. The summed E-state index contributed by atoms with van der Waals surface area (Å²) in [5.41, 5.74) is 3.16. The van der Waals surface area contributed by atoms with Crippen LogP contribution in [0.1, 0.15) is 26.3 Å². The summed E-state index contributed by atoms with van der Waals surface area (Å²) < 4.78 is 10.5. The van der Waals surface area contributed by atoms with Crippen LogP contribution in [0.3, 0.4) is 0 Å². The van der Waals surface area contributed by atoms with E-state index in [0.717, 1.165) is 24.3 Å². The molecule has 1 aliphatic rings. The van der Waals surface area contributed by atoms with Crippen LogP contribution in [-0.4, -0.2) is 50.4 Å². The van der Waals surface area contributed by atoms with Crippen molar-refractivity contribution in [2.75, 3.05) is 43.6 Å². The number of morpholine rings is 1. The average molecular weight is 370 g/mol. The van der Waals surface area contributed by atoms with Crippen LogP contribution in [-0.2, 0) is 4.74 Å². The second-order valence-electron chi connectivity index (χ2n) is 6.28. The smallest absolute Gasteiger partial charge is 0.339 e. The summed E-state index contributed by atoms with van der Waals surface area (Å²) in [4.78, 5) is 26.0. The highest BCUT2D eigenvalue weighted by Crippen LogP contribution is 2.25. The first kappa shape index (κ1) is 18.7. The topological polar surface area (TPSA) is 88.1 Å². The lowest BCUT2D eigenvalue weighted by Gasteiger charge is -2.30. The molecule has 0 aliphatic carbocycles. The number of nitrogens with zero attached hydrogens (tertiary/aromatic N) is 1. The Balaban J connectivity index is 1.76. The molecule has 2 aromatic carbocycles. The Bertz CT molecular complexity index is 859. The maximum Gasteiger partial charge on any atom is 0.339 e. The number of carboxylic acids is 1. The van der Waals surface area contributed by atoms with Crippen LogP contribution >= 0.6 is 0 Å². The number of rotatable bonds is 5. The van der Waals surface area contributed by atoms with Gasteiger partial charge >= 0.3 is 5.97 Å². The number of aryl methyl sites for hydroxylation is 1. The SMILES string of the molecule is COc1cc(NC(=O)c2ccc(N3CCOCC3)c(C)c2)ccc1C(=O)O. The third-order valence-corrected chi connectivity index (χ3v) is 4.50. The van der Waals surface area contributed by atoms with Crippen molar-refractivity contribution in [3.63, 3.8) is 0 Å². The van der Waals surface area contributed by atoms with Crippen molar-refractivity contribution in [1.82, 2.24) is 0 Å². The number of nitrogens with one attached hydrogen (secondary N) is 1. The Morgan fingerprint density at radius 3 is 2.52 bits per heavy atom. The lowest BCUT2D eigenvalue weighted by atomic mass is 10.1. The molecule has 0 spiro atoms. The minimum absolute atomic E-state index is 0.0428. The van der Waals surface area contributed by atoms with Gasteiger partial charge in [0, 0.05) is 36.1 Å². The van der Waals surface area contributed by atoms with Crippen molar-refractivity contribution >= 4 is 23.3 Å². The van der Waals surface area contributed by atoms with Crippen molar-refractivity contribution in [2.45, 2.75) is 6.92 Å². The number of carbonyl (C=O) groups excluding carboxylic acids is 1. The lowest BCUT2D eigenvalue weighted by molar-refractivity contribution is 0.0693. The monoisotopic (exact) mass is 370 g/mol. The van der Waals surface area contributed by atoms with Crippen LogP contribution in [0.25, 0.3) is 0 Å². The molecule has 1 saturated heterocycles. The number of carboxylic acid groups (broad SMARTS) is 1. The molecular weight excluding hydrogens is 348 g/mol. The van der Waals surface area contributed by atoms with Gasteiger partial charge in [-0.3, -0.25) is 4.79 Å². The van der Waals surface area contributed by atoms with Crippen LogP contribution in [0.5, 0.6) is 5.75 Å². The van der Waals surface area contributed by atoms with Gasteiger partial charge in [0.25, 0.3) is 5.91 Å². The number of anilines is 2. The summed E-state index contributed by atoms with van der Waals surface area (Å²) in [6.07, 6.45) is 0. The average Bonchev–Trinajstić information content (AvgIpc) is 2.68. The summed E-state index contributed by atoms with van der Waals surface area (Å²) in [6.45, 7) is 5.06. The van der Waals surface area contributed by atoms with Gasteiger partial charge in [0.05, 0.1) is 20.3 Å². The normalized spacial score (nSPS) is 13.9. The summed E-state index contributed by atoms with van der Waals surface area (Å²) in [5, 5.41) is 11.9. The molecule has 27 heavy (non-hydrogen) atoms. The van der Waals surface area contributed by atoms with Crippen molar-refractivity contribution in [2.24, 2.45) is 0 Å². The van der Waals surface area contributed by atoms with E-state index in [1.54, 1.807) is 12.1 Å². The maximum absolute atomic E-state index is 12.6. The summed E-state index contributed by atoms with van der Waals surface area (Å²) in [6, 6.07) is 10.0. The molecule has 1 heterocycles. The molecule has 2 N–H and O–H groups in total. The minimum atomic E-state index is -1.08. The van der Waals surface area contributed by atoms with Crippen LogP contribution in [0.15, 0.2) is 36.4 Å². The highest BCUT2D eigenvalue weighted by Gasteiger charge is 2.16. The quantitative estimate of drug-likeness (QED) is 0.841. The number of amides is 1. The number of methoxy groups -OCH3 is 1. The van der Waals surface area contributed by atoms with Gasteiger partial charge in [-0.05, 0) is 42.8 Å². The summed E-state index contributed by atoms with van der Waals surface area (Å²) in [5.74, 6) is -1.16. The fourth-order valence-electron chi connectivity index (χ4n) is 3.10. The van der Waals surface area contributed by atoms with E-state index in [9.17, 15) is 9.59 Å². The number of hydrogen-bond donors (Lipinski definition) is 2. The molecular formula is C20H22N2O5. The molecule has 7 nitrogen and oxygen atoms in total. The van der Waals surface area contributed by atoms with E-state index in [4.69, 9.17) is 14.6 Å². The molecule has 1 amide bonds. The van der Waals surface area contributed by atoms with E-state index in [1.165, 1.54) is 19.2 Å². The van der Waals surface area contributed by atoms with Crippen LogP contribution in [0, 0.1) is 6.92 Å². The van der Waals surface area contributed by atoms with Crippen molar-refractivity contribution in [3.05, 3.63) is 53.1 Å². The molecule has 2 aromatic rings. The van der Waals surface area contributed by atoms with Crippen molar-refractivity contribution in [3.8, 4) is 5.75 Å². The zero-order chi connectivity index (χ0) is 19.4. The van der Waals surface area contributed by atoms with E-state index in [0.29, 0.717) is 24.5 Å². The zero-order valence-corrected chi connectivity index (χ0v) is 15.3. The first-order valence-corrected chi connectivity index (χ1v) is 8.65. The van der Waals surface area contributed by atoms with Gasteiger partial charge in [-0.25, -0.2) is 4.79 Å². The highest BCUT2D eigenvalue weighted by atomic mass is 16.5. The van der Waals surface area contributed by atoms with Gasteiger partial charge in [0.1, 0.15) is 11.3 Å². The third-order valence-electron chi connectivity index (χ3n) is 4.50. The molecule has 0 radical (unpaired) electrons. The van der Waals surface area contributed by atoms with Crippen LogP contribution < -0.4 is 15.0 Å². The number of carbonyl (C=O) groups is 2. The van der Waals surface area contributed by atoms with Gasteiger partial charge in [-0.2, -0.15) is 0 Å². The third kappa shape index (κ3) is 4.20. The molecule has 3 rings (SSSR count). The largest absolute Gasteiger partial charge is 0.496 e. The molecule has 0 unspecified atom stereocenters. The van der Waals surface area contributed by atoms with Gasteiger partial charge in [-0.15, -0.1) is 0 Å². The number of aromatic carboxylic acids is 1. The van der Waals surface area contributed by atoms with Gasteiger partial charge in [0.2, 0.25) is 0 Å². The predicted molar refractivity (Wildman–Crippen MR) is 102 cm³/mol. The molecule has 7 heteroatoms. The second-order valence-corrected chi connectivity index (χ2v) is 6.28. The van der Waals surface area contributed by atoms with Crippen LogP contribution in [0.2, 0.25) is 0 Å². The van der Waals surface area contributed by atoms with Gasteiger partial charge < -0.3 is 24.8 Å². The van der Waals surface area contributed by atoms with E-state index in [-0.39, 0.29) is 17.2 Å². The molecule has 0 saturated carbocycles. The molecule has 142 valence electrons. The maximum atomic E-state index is 12.6. The number of ether oxygens (including phenoxy) is 2. The fraction of sp³-hybridized carbons (Fsp3) is 0.300. The lowest BCUT2D eigenvalue weighted by Crippen LogP contribution is -2.36. The molecule has 0 aromatic heterocycles. The molecule has 0 bridgehead atoms. The van der Waals surface area contributed by atoms with Crippen LogP contribution in [0.4, 0.5) is 11.4 Å². The second kappa shape index (κ2) is 8.09. The zero-order valence-electron chi connectivity index (χ0n) is 15.3. The first-order chi connectivity index (χ1) is 13.0. The van der Waals surface area contributed by atoms with E-state index in [2.05, 4.69) is 10.2 Å². The minimum Gasteiger partial charge on any atom is -0.496 e. The molecule has 0 atom stereocenters. The van der Waals surface area contributed by atoms with E-state index < -0.39 is 5.97 Å². The Morgan fingerprint density at radius 2 is 1.89 bits per heavy atom. The highest BCUT2D eigenvalue weighted by molar-refractivity contribution is 6.05. The van der Waals surface area contributed by atoms with Crippen molar-refractivity contribution in [1.29, 1.82) is 0 Å². The standard InChI is InChI=1S/C20H22N2O5/c1-13-11-14(3-6-17(13)22-7-9-27-10-8-22)19(23)21-15-4-5-16(20(24)25)18(12-15)26-2/h3-6,11-12H,7-10H2,1-2H3,(H,21,23)(H,24,25). The Kier molecular flexibility index (Phi) is 5.61. The number of benzene rings is 2. The van der Waals surface area contributed by atoms with Crippen molar-refractivity contribution < 1.29 is 24.2 Å². The number of hydrogen-bond acceptors (Lipinski definition) is 5. The van der Waals surface area contributed by atoms with Gasteiger partial charge in [0.15, 0.2) is 0 Å². The Labute approximate surface area is 157 Å². The fourth-order valence-corrected chi connectivity index (χ4v) is 3.10. The Morgan fingerprint density at radius 1 is 1.15 bits per heavy atom. The summed E-state index contributed by atoms with van der Waals surface area (Å²) in [7, 11) is 1.39. The summed E-state index contributed by atoms with van der Waals surface area (Å²) >= 11 is 0. The van der Waals surface area contributed by atoms with Gasteiger partial charge in [-0.1, -0.05) is 0 Å². The Hall–Kier alpha value is -3.06. The van der Waals surface area contributed by atoms with E-state index in [1.807, 2.05) is 19.1 Å². The molecule has 1 aliphatic heterocycles.